The van der Waals surface area contributed by atoms with Gasteiger partial charge in [-0.3, -0.25) is 4.79 Å². The van der Waals surface area contributed by atoms with Gasteiger partial charge in [0.25, 0.3) is 0 Å². The van der Waals surface area contributed by atoms with Gasteiger partial charge in [-0.05, 0) is 0 Å². The molecule has 0 aliphatic heterocycles. The van der Waals surface area contributed by atoms with Crippen LogP contribution in [0.5, 0.6) is 0 Å². The van der Waals surface area contributed by atoms with E-state index < -0.39 is 5.97 Å². The molecule has 0 unspecified atom stereocenters. The molecule has 0 saturated heterocycles. The van der Waals surface area contributed by atoms with Crippen LogP contribution in [0.4, 0.5) is 0 Å². The van der Waals surface area contributed by atoms with Crippen molar-refractivity contribution in [1.29, 1.82) is 0 Å². The molecule has 1 heterocycles. The zero-order valence-electron chi connectivity index (χ0n) is 5.15. The van der Waals surface area contributed by atoms with Crippen molar-refractivity contribution in [3.63, 3.8) is 0 Å². The highest BCUT2D eigenvalue weighted by Crippen LogP contribution is 1.93. The second-order valence-corrected chi connectivity index (χ2v) is 1.74. The van der Waals surface area contributed by atoms with Gasteiger partial charge in [-0.2, -0.15) is 4.98 Å². The lowest BCUT2D eigenvalue weighted by Gasteiger charge is -1.86. The molecule has 0 radical (unpaired) electrons. The van der Waals surface area contributed by atoms with Crippen molar-refractivity contribution in [2.75, 3.05) is 0 Å². The third-order valence-corrected chi connectivity index (χ3v) is 0.969. The molecule has 0 aliphatic rings. The molecule has 54 valence electrons. The molecule has 0 amide bonds. The zero-order valence-corrected chi connectivity index (χ0v) is 5.15. The van der Waals surface area contributed by atoms with Crippen LogP contribution in [0.3, 0.4) is 0 Å². The van der Waals surface area contributed by atoms with Crippen LogP contribution in [0.15, 0.2) is 10.9 Å². The summed E-state index contributed by atoms with van der Waals surface area (Å²) in [5.74, 6) is -0.424. The molecule has 0 spiro atoms. The molecule has 1 aromatic heterocycles. The Labute approximate surface area is 56.7 Å². The SMILES string of the molecule is O=C(O)CCc1ncon1. The summed E-state index contributed by atoms with van der Waals surface area (Å²) < 4.78 is 4.39. The summed E-state index contributed by atoms with van der Waals surface area (Å²) in [6.07, 6.45) is 1.54. The van der Waals surface area contributed by atoms with E-state index in [0.717, 1.165) is 0 Å². The monoisotopic (exact) mass is 142 g/mol. The van der Waals surface area contributed by atoms with Crippen molar-refractivity contribution in [2.45, 2.75) is 12.8 Å². The fourth-order valence-electron chi connectivity index (χ4n) is 0.521. The van der Waals surface area contributed by atoms with Gasteiger partial charge in [0.15, 0.2) is 5.82 Å². The second-order valence-electron chi connectivity index (χ2n) is 1.74. The number of rotatable bonds is 3. The highest BCUT2D eigenvalue weighted by atomic mass is 16.5. The Balaban J connectivity index is 2.35. The van der Waals surface area contributed by atoms with Gasteiger partial charge in [0.1, 0.15) is 0 Å². The molecule has 5 heteroatoms. The van der Waals surface area contributed by atoms with Gasteiger partial charge in [0, 0.05) is 6.42 Å². The Bertz CT molecular complexity index is 207. The third-order valence-electron chi connectivity index (χ3n) is 0.969. The molecule has 0 saturated carbocycles. The third kappa shape index (κ3) is 1.85. The van der Waals surface area contributed by atoms with Crippen molar-refractivity contribution in [3.05, 3.63) is 12.2 Å². The Morgan fingerprint density at radius 3 is 3.10 bits per heavy atom. The quantitative estimate of drug-likeness (QED) is 0.647. The molecular weight excluding hydrogens is 136 g/mol. The maximum atomic E-state index is 10.0. The average molecular weight is 142 g/mol. The van der Waals surface area contributed by atoms with Gasteiger partial charge in [-0.15, -0.1) is 0 Å². The smallest absolute Gasteiger partial charge is 0.303 e. The minimum absolute atomic E-state index is 0.0412. The van der Waals surface area contributed by atoms with Crippen LogP contribution < -0.4 is 0 Å². The predicted octanol–water partition coefficient (Wildman–Crippen LogP) is 0.0868. The number of carbonyl (C=O) groups is 1. The summed E-state index contributed by atoms with van der Waals surface area (Å²) >= 11 is 0. The number of carboxylic acid groups (broad SMARTS) is 1. The van der Waals surface area contributed by atoms with Crippen molar-refractivity contribution in [1.82, 2.24) is 10.1 Å². The molecule has 1 N–H and O–H groups in total. The predicted molar refractivity (Wildman–Crippen MR) is 30.3 cm³/mol. The largest absolute Gasteiger partial charge is 0.481 e. The van der Waals surface area contributed by atoms with Crippen molar-refractivity contribution in [3.8, 4) is 0 Å². The van der Waals surface area contributed by atoms with E-state index in [1.165, 1.54) is 6.39 Å². The van der Waals surface area contributed by atoms with E-state index in [1.54, 1.807) is 0 Å². The van der Waals surface area contributed by atoms with Crippen LogP contribution in [-0.2, 0) is 11.2 Å². The molecule has 5 nitrogen and oxygen atoms in total. The number of aliphatic carboxylic acids is 1. The van der Waals surface area contributed by atoms with Gasteiger partial charge in [-0.1, -0.05) is 5.16 Å². The van der Waals surface area contributed by atoms with Gasteiger partial charge in [0.2, 0.25) is 6.39 Å². The van der Waals surface area contributed by atoms with Gasteiger partial charge >= 0.3 is 5.97 Å². The summed E-state index contributed by atoms with van der Waals surface area (Å²) in [4.78, 5) is 13.7. The van der Waals surface area contributed by atoms with Gasteiger partial charge in [-0.25, -0.2) is 0 Å². The first-order chi connectivity index (χ1) is 4.79. The van der Waals surface area contributed by atoms with Crippen molar-refractivity contribution >= 4 is 5.97 Å². The summed E-state index contributed by atoms with van der Waals surface area (Å²) in [5.41, 5.74) is 0. The molecule has 0 atom stereocenters. The minimum Gasteiger partial charge on any atom is -0.481 e. The van der Waals surface area contributed by atoms with Crippen LogP contribution in [0.2, 0.25) is 0 Å². The molecule has 1 rings (SSSR count). The van der Waals surface area contributed by atoms with E-state index >= 15 is 0 Å². The zero-order chi connectivity index (χ0) is 7.40. The topological polar surface area (TPSA) is 76.2 Å². The maximum Gasteiger partial charge on any atom is 0.303 e. The van der Waals surface area contributed by atoms with E-state index in [4.69, 9.17) is 5.11 Å². The van der Waals surface area contributed by atoms with Crippen LogP contribution in [0.25, 0.3) is 0 Å². The maximum absolute atomic E-state index is 10.0. The van der Waals surface area contributed by atoms with E-state index in [0.29, 0.717) is 12.2 Å². The Kier molecular flexibility index (Phi) is 1.99. The molecule has 0 aromatic carbocycles. The first-order valence-electron chi connectivity index (χ1n) is 2.76. The Morgan fingerprint density at radius 2 is 2.60 bits per heavy atom. The lowest BCUT2D eigenvalue weighted by molar-refractivity contribution is -0.137. The number of hydrogen-bond acceptors (Lipinski definition) is 4. The first kappa shape index (κ1) is 6.73. The highest BCUT2D eigenvalue weighted by molar-refractivity contribution is 5.66. The first-order valence-corrected chi connectivity index (χ1v) is 2.76. The van der Waals surface area contributed by atoms with Gasteiger partial charge < -0.3 is 9.63 Å². The van der Waals surface area contributed by atoms with Crippen LogP contribution in [-0.4, -0.2) is 21.2 Å². The molecule has 10 heavy (non-hydrogen) atoms. The molecule has 1 aromatic rings. The van der Waals surface area contributed by atoms with Crippen molar-refractivity contribution < 1.29 is 14.4 Å². The number of aryl methyl sites for hydroxylation is 1. The minimum atomic E-state index is -0.857. The summed E-state index contributed by atoms with van der Waals surface area (Å²) in [5, 5.41) is 11.7. The van der Waals surface area contributed by atoms with Gasteiger partial charge in [0.05, 0.1) is 6.42 Å². The Hall–Kier alpha value is -1.39. The molecular formula is C5H6N2O3. The number of hydrogen-bond donors (Lipinski definition) is 1. The molecule has 0 aliphatic carbocycles. The van der Waals surface area contributed by atoms with E-state index in [-0.39, 0.29) is 6.42 Å². The number of aromatic nitrogens is 2. The highest BCUT2D eigenvalue weighted by Gasteiger charge is 2.01. The van der Waals surface area contributed by atoms with Crippen molar-refractivity contribution in [2.24, 2.45) is 0 Å². The standard InChI is InChI=1S/C5H6N2O3/c8-5(9)2-1-4-6-3-10-7-4/h3H,1-2H2,(H,8,9). The Morgan fingerprint density at radius 1 is 1.80 bits per heavy atom. The lowest BCUT2D eigenvalue weighted by Crippen LogP contribution is -1.98. The lowest BCUT2D eigenvalue weighted by atomic mass is 10.3. The summed E-state index contributed by atoms with van der Waals surface area (Å²) in [7, 11) is 0. The fraction of sp³-hybridized carbons (Fsp3) is 0.400. The summed E-state index contributed by atoms with van der Waals surface area (Å²) in [6, 6.07) is 0. The normalized spacial score (nSPS) is 9.60. The van der Waals surface area contributed by atoms with Crippen LogP contribution in [0.1, 0.15) is 12.2 Å². The number of nitrogens with zero attached hydrogens (tertiary/aromatic N) is 2. The average Bonchev–Trinajstić information content (AvgIpc) is 2.34. The van der Waals surface area contributed by atoms with Crippen LogP contribution >= 0.6 is 0 Å². The summed E-state index contributed by atoms with van der Waals surface area (Å²) in [6.45, 7) is 0. The fourth-order valence-corrected chi connectivity index (χ4v) is 0.521. The van der Waals surface area contributed by atoms with E-state index in [9.17, 15) is 4.79 Å². The van der Waals surface area contributed by atoms with Crippen LogP contribution in [0, 0.1) is 0 Å². The molecule has 0 fully saturated rings. The van der Waals surface area contributed by atoms with E-state index in [2.05, 4.69) is 14.7 Å². The van der Waals surface area contributed by atoms with E-state index in [1.807, 2.05) is 0 Å². The number of carboxylic acids is 1. The second kappa shape index (κ2) is 2.95. The molecule has 0 bridgehead atoms.